The summed E-state index contributed by atoms with van der Waals surface area (Å²) >= 11 is 6.10. The van der Waals surface area contributed by atoms with E-state index >= 15 is 0 Å². The summed E-state index contributed by atoms with van der Waals surface area (Å²) in [6, 6.07) is 7.98. The minimum absolute atomic E-state index is 0.223. The van der Waals surface area contributed by atoms with Crippen LogP contribution in [-0.4, -0.2) is 18.3 Å². The number of rotatable bonds is 1. The highest BCUT2D eigenvalue weighted by atomic mass is 35.5. The third kappa shape index (κ3) is 1.98. The highest BCUT2D eigenvalue weighted by Crippen LogP contribution is 2.48. The van der Waals surface area contributed by atoms with Crippen LogP contribution in [0.15, 0.2) is 30.3 Å². The minimum atomic E-state index is -0.765. The van der Waals surface area contributed by atoms with Crippen LogP contribution < -0.4 is 9.47 Å². The second-order valence-corrected chi connectivity index (χ2v) is 4.49. The van der Waals surface area contributed by atoms with Crippen molar-refractivity contribution in [1.29, 1.82) is 0 Å². The van der Waals surface area contributed by atoms with Crippen molar-refractivity contribution in [3.63, 3.8) is 0 Å². The number of fused-ring (bicyclic) bond motifs is 1. The highest BCUT2D eigenvalue weighted by Gasteiger charge is 2.25. The van der Waals surface area contributed by atoms with Crippen molar-refractivity contribution in [1.82, 2.24) is 0 Å². The van der Waals surface area contributed by atoms with Crippen molar-refractivity contribution in [2.24, 2.45) is 0 Å². The fourth-order valence-corrected chi connectivity index (χ4v) is 2.29. The first-order valence-electron chi connectivity index (χ1n) is 5.74. The van der Waals surface area contributed by atoms with Crippen LogP contribution in [0.5, 0.6) is 17.2 Å². The molecule has 1 heterocycles. The van der Waals surface area contributed by atoms with Crippen LogP contribution in [0.3, 0.4) is 0 Å². The summed E-state index contributed by atoms with van der Waals surface area (Å²) in [4.78, 5) is 0. The summed E-state index contributed by atoms with van der Waals surface area (Å²) in [7, 11) is 0. The van der Waals surface area contributed by atoms with Gasteiger partial charge in [-0.2, -0.15) is 0 Å². The van der Waals surface area contributed by atoms with Gasteiger partial charge in [0.1, 0.15) is 13.2 Å². The van der Waals surface area contributed by atoms with E-state index in [2.05, 4.69) is 0 Å². The molecule has 98 valence electrons. The highest BCUT2D eigenvalue weighted by molar-refractivity contribution is 6.33. The molecule has 0 saturated heterocycles. The first-order valence-corrected chi connectivity index (χ1v) is 6.12. The Kier molecular flexibility index (Phi) is 2.95. The Labute approximate surface area is 114 Å². The van der Waals surface area contributed by atoms with Gasteiger partial charge in [-0.25, -0.2) is 4.39 Å². The molecule has 3 rings (SSSR count). The van der Waals surface area contributed by atoms with E-state index in [1.807, 2.05) is 0 Å². The van der Waals surface area contributed by atoms with Crippen molar-refractivity contribution in [3.8, 4) is 28.4 Å². The van der Waals surface area contributed by atoms with Crippen molar-refractivity contribution >= 4 is 11.6 Å². The van der Waals surface area contributed by atoms with Crippen LogP contribution in [0.2, 0.25) is 5.02 Å². The Morgan fingerprint density at radius 1 is 1.16 bits per heavy atom. The maximum absolute atomic E-state index is 13.8. The summed E-state index contributed by atoms with van der Waals surface area (Å²) in [5, 5.41) is 10.4. The lowest BCUT2D eigenvalue weighted by atomic mass is 10.0. The molecule has 2 aromatic carbocycles. The third-order valence-corrected chi connectivity index (χ3v) is 3.23. The van der Waals surface area contributed by atoms with E-state index in [0.29, 0.717) is 29.5 Å². The fraction of sp³-hybridized carbons (Fsp3) is 0.143. The number of ether oxygens (including phenoxy) is 2. The molecule has 0 unspecified atom stereocenters. The average molecular weight is 281 g/mol. The molecule has 2 aromatic rings. The second kappa shape index (κ2) is 4.63. The molecule has 3 nitrogen and oxygen atoms in total. The predicted octanol–water partition coefficient (Wildman–Crippen LogP) is 3.62. The van der Waals surface area contributed by atoms with Crippen LogP contribution >= 0.6 is 11.6 Å². The summed E-state index contributed by atoms with van der Waals surface area (Å²) in [6.07, 6.45) is 0. The van der Waals surface area contributed by atoms with Crippen LogP contribution in [0, 0.1) is 5.82 Å². The number of halogens is 2. The quantitative estimate of drug-likeness (QED) is 0.867. The average Bonchev–Trinajstić information content (AvgIpc) is 2.42. The van der Waals surface area contributed by atoms with Gasteiger partial charge in [0, 0.05) is 16.7 Å². The fourth-order valence-electron chi connectivity index (χ4n) is 2.06. The smallest absolute Gasteiger partial charge is 0.173 e. The molecule has 0 radical (unpaired) electrons. The van der Waals surface area contributed by atoms with Crippen molar-refractivity contribution in [2.45, 2.75) is 0 Å². The number of benzene rings is 2. The Morgan fingerprint density at radius 2 is 1.89 bits per heavy atom. The largest absolute Gasteiger partial charge is 0.504 e. The van der Waals surface area contributed by atoms with E-state index in [4.69, 9.17) is 21.1 Å². The second-order valence-electron chi connectivity index (χ2n) is 4.09. The Balaban J connectivity index is 2.31. The Bertz CT molecular complexity index is 643. The van der Waals surface area contributed by atoms with Gasteiger partial charge in [-0.05, 0) is 6.07 Å². The van der Waals surface area contributed by atoms with Gasteiger partial charge in [-0.1, -0.05) is 29.8 Å². The number of phenols is 1. The zero-order valence-electron chi connectivity index (χ0n) is 9.82. The van der Waals surface area contributed by atoms with E-state index in [1.165, 1.54) is 0 Å². The van der Waals surface area contributed by atoms with Crippen molar-refractivity contribution in [3.05, 3.63) is 41.2 Å². The lowest BCUT2D eigenvalue weighted by Gasteiger charge is -2.22. The van der Waals surface area contributed by atoms with E-state index in [1.54, 1.807) is 24.3 Å². The molecule has 0 spiro atoms. The van der Waals surface area contributed by atoms with Crippen LogP contribution in [0.4, 0.5) is 4.39 Å². The van der Waals surface area contributed by atoms with Gasteiger partial charge in [0.2, 0.25) is 0 Å². The summed E-state index contributed by atoms with van der Waals surface area (Å²) in [5.41, 5.74) is 0.725. The van der Waals surface area contributed by atoms with Crippen LogP contribution in [0.1, 0.15) is 0 Å². The van der Waals surface area contributed by atoms with E-state index in [-0.39, 0.29) is 11.3 Å². The van der Waals surface area contributed by atoms with Gasteiger partial charge in [0.25, 0.3) is 0 Å². The van der Waals surface area contributed by atoms with Gasteiger partial charge in [0.15, 0.2) is 23.1 Å². The van der Waals surface area contributed by atoms with Gasteiger partial charge in [-0.3, -0.25) is 0 Å². The summed E-state index contributed by atoms with van der Waals surface area (Å²) in [5.74, 6) is -0.661. The molecule has 1 aliphatic rings. The molecule has 1 aliphatic heterocycles. The lowest BCUT2D eigenvalue weighted by molar-refractivity contribution is 0.170. The minimum Gasteiger partial charge on any atom is -0.504 e. The molecule has 5 heteroatoms. The van der Waals surface area contributed by atoms with Gasteiger partial charge in [0.05, 0.1) is 5.56 Å². The van der Waals surface area contributed by atoms with Crippen molar-refractivity contribution in [2.75, 3.05) is 13.2 Å². The number of hydrogen-bond donors (Lipinski definition) is 1. The van der Waals surface area contributed by atoms with Gasteiger partial charge >= 0.3 is 0 Å². The zero-order valence-corrected chi connectivity index (χ0v) is 10.6. The summed E-state index contributed by atoms with van der Waals surface area (Å²) < 4.78 is 24.6. The third-order valence-electron chi connectivity index (χ3n) is 2.90. The molecule has 1 N–H and O–H groups in total. The molecule has 0 fully saturated rings. The van der Waals surface area contributed by atoms with Crippen LogP contribution in [0.25, 0.3) is 11.1 Å². The molecular formula is C14H10ClFO3. The molecule has 0 aliphatic carbocycles. The SMILES string of the molecule is Oc1c(F)cc2c(c1-c1ccccc1Cl)OCCO2. The van der Waals surface area contributed by atoms with Crippen LogP contribution in [-0.2, 0) is 0 Å². The maximum Gasteiger partial charge on any atom is 0.173 e. The standard InChI is InChI=1S/C14H10ClFO3/c15-9-4-2-1-3-8(9)12-13(17)10(16)7-11-14(12)19-6-5-18-11/h1-4,7,17H,5-6H2. The zero-order chi connectivity index (χ0) is 13.4. The summed E-state index contributed by atoms with van der Waals surface area (Å²) in [6.45, 7) is 0.689. The normalized spacial score (nSPS) is 13.4. The number of hydrogen-bond acceptors (Lipinski definition) is 3. The van der Waals surface area contributed by atoms with E-state index in [0.717, 1.165) is 6.07 Å². The maximum atomic E-state index is 13.8. The molecule has 0 aromatic heterocycles. The number of aromatic hydroxyl groups is 1. The lowest BCUT2D eigenvalue weighted by Crippen LogP contribution is -2.16. The molecule has 0 saturated carbocycles. The van der Waals surface area contributed by atoms with Gasteiger partial charge in [-0.15, -0.1) is 0 Å². The molecule has 19 heavy (non-hydrogen) atoms. The topological polar surface area (TPSA) is 38.7 Å². The molecule has 0 bridgehead atoms. The first-order chi connectivity index (χ1) is 9.18. The predicted molar refractivity (Wildman–Crippen MR) is 69.5 cm³/mol. The molecule has 0 atom stereocenters. The molecular weight excluding hydrogens is 271 g/mol. The molecule has 0 amide bonds. The number of phenolic OH excluding ortho intramolecular Hbond substituents is 1. The first kappa shape index (κ1) is 12.1. The monoisotopic (exact) mass is 280 g/mol. The Morgan fingerprint density at radius 3 is 2.68 bits per heavy atom. The Hall–Kier alpha value is -1.94. The van der Waals surface area contributed by atoms with E-state index < -0.39 is 11.6 Å². The van der Waals surface area contributed by atoms with Gasteiger partial charge < -0.3 is 14.6 Å². The van der Waals surface area contributed by atoms with Crippen molar-refractivity contribution < 1.29 is 19.0 Å². The van der Waals surface area contributed by atoms with E-state index in [9.17, 15) is 9.50 Å².